The first-order valence-electron chi connectivity index (χ1n) is 9.52. The van der Waals surface area contributed by atoms with Gasteiger partial charge in [0.05, 0.1) is 36.4 Å². The number of alkyl halides is 3. The fourth-order valence-electron chi connectivity index (χ4n) is 3.18. The van der Waals surface area contributed by atoms with E-state index >= 15 is 0 Å². The summed E-state index contributed by atoms with van der Waals surface area (Å²) in [5, 5.41) is 20.9. The van der Waals surface area contributed by atoms with E-state index in [-0.39, 0.29) is 23.9 Å². The molecule has 0 saturated heterocycles. The maximum Gasteiger partial charge on any atom is 0.420 e. The molecule has 9 nitrogen and oxygen atoms in total. The van der Waals surface area contributed by atoms with Crippen LogP contribution in [0.1, 0.15) is 19.4 Å². The van der Waals surface area contributed by atoms with Gasteiger partial charge in [0, 0.05) is 13.2 Å². The van der Waals surface area contributed by atoms with Crippen LogP contribution in [0.25, 0.3) is 27.9 Å². The smallest absolute Gasteiger partial charge is 0.420 e. The first kappa shape index (κ1) is 20.8. The van der Waals surface area contributed by atoms with Crippen LogP contribution in [0.3, 0.4) is 0 Å². The van der Waals surface area contributed by atoms with E-state index in [2.05, 4.69) is 25.3 Å². The number of aromatic nitrogens is 6. The number of ether oxygens (including phenoxy) is 1. The molecule has 0 fully saturated rings. The molecular weight excluding hydrogens is 415 g/mol. The molecule has 31 heavy (non-hydrogen) atoms. The van der Waals surface area contributed by atoms with Gasteiger partial charge in [-0.25, -0.2) is 14.5 Å². The van der Waals surface area contributed by atoms with Crippen molar-refractivity contribution in [3.63, 3.8) is 0 Å². The number of aromatic amines is 1. The summed E-state index contributed by atoms with van der Waals surface area (Å²) in [6, 6.07) is 3.02. The number of halogens is 3. The number of hydrogen-bond donors (Lipinski definition) is 2. The van der Waals surface area contributed by atoms with Crippen molar-refractivity contribution in [1.82, 2.24) is 29.8 Å². The van der Waals surface area contributed by atoms with Crippen molar-refractivity contribution in [1.29, 1.82) is 0 Å². The zero-order valence-corrected chi connectivity index (χ0v) is 17.0. The molecule has 4 aromatic rings. The number of pyridine rings is 1. The lowest BCUT2D eigenvalue weighted by Crippen LogP contribution is -2.33. The van der Waals surface area contributed by atoms with Crippen molar-refractivity contribution in [3.05, 3.63) is 30.1 Å². The molecule has 2 N–H and O–H groups in total. The Kier molecular flexibility index (Phi) is 5.17. The number of nitrogens with one attached hydrogen (secondary N) is 1. The van der Waals surface area contributed by atoms with Crippen LogP contribution in [0.4, 0.5) is 19.1 Å². The molecule has 12 heteroatoms. The molecule has 164 valence electrons. The zero-order chi connectivity index (χ0) is 22.3. The van der Waals surface area contributed by atoms with Crippen LogP contribution in [-0.4, -0.2) is 61.2 Å². The number of aliphatic hydroxyl groups is 1. The zero-order valence-electron chi connectivity index (χ0n) is 17.0. The fourth-order valence-corrected chi connectivity index (χ4v) is 3.18. The summed E-state index contributed by atoms with van der Waals surface area (Å²) in [7, 11) is 1.60. The molecule has 0 aliphatic carbocycles. The van der Waals surface area contributed by atoms with Crippen LogP contribution in [0.2, 0.25) is 0 Å². The summed E-state index contributed by atoms with van der Waals surface area (Å²) in [5.74, 6) is 0.616. The summed E-state index contributed by atoms with van der Waals surface area (Å²) in [6.45, 7) is 3.81. The number of aliphatic hydroxyl groups excluding tert-OH is 1. The Morgan fingerprint density at radius 2 is 2.06 bits per heavy atom. The fraction of sp³-hybridized carbons (Fsp3) is 0.368. The number of rotatable bonds is 6. The molecule has 0 spiro atoms. The SMILES string of the molecule is CCOc1ccc2c3c(-c4nc(N(C)[C@@H](C)CO)ncc4C(F)(F)F)n[nH]c3nn2c1. The average molecular weight is 435 g/mol. The molecule has 0 aliphatic heterocycles. The van der Waals surface area contributed by atoms with E-state index < -0.39 is 17.8 Å². The second kappa shape index (κ2) is 7.69. The highest BCUT2D eigenvalue weighted by Gasteiger charge is 2.37. The summed E-state index contributed by atoms with van der Waals surface area (Å²) < 4.78 is 48.3. The predicted octanol–water partition coefficient (Wildman–Crippen LogP) is 2.90. The standard InChI is InChI=1S/C19H20F3N7O2/c1-4-31-11-5-6-13-14-16(25-26-17(14)27-29(13)8-11)15-12(19(20,21)22)7-23-18(24-15)28(3)10(2)9-30/h5-8,10,30H,4,9H2,1-3H3,(H,26,27)/t10-/m0/s1. The molecule has 4 heterocycles. The molecule has 1 atom stereocenters. The minimum Gasteiger partial charge on any atom is -0.492 e. The number of fused-ring (bicyclic) bond motifs is 3. The summed E-state index contributed by atoms with van der Waals surface area (Å²) in [4.78, 5) is 9.53. The number of likely N-dealkylation sites (N-methyl/N-ethyl adjacent to an activating group) is 1. The van der Waals surface area contributed by atoms with Crippen molar-refractivity contribution >= 4 is 22.5 Å². The number of anilines is 1. The Labute approximate surface area is 174 Å². The van der Waals surface area contributed by atoms with Gasteiger partial charge >= 0.3 is 6.18 Å². The van der Waals surface area contributed by atoms with E-state index in [1.54, 1.807) is 32.3 Å². The molecule has 4 rings (SSSR count). The van der Waals surface area contributed by atoms with E-state index in [0.29, 0.717) is 28.9 Å². The van der Waals surface area contributed by atoms with Crippen molar-refractivity contribution in [3.8, 4) is 17.1 Å². The predicted molar refractivity (Wildman–Crippen MR) is 107 cm³/mol. The van der Waals surface area contributed by atoms with E-state index in [9.17, 15) is 18.3 Å². The van der Waals surface area contributed by atoms with Gasteiger partial charge in [0.15, 0.2) is 5.65 Å². The second-order valence-corrected chi connectivity index (χ2v) is 7.00. The van der Waals surface area contributed by atoms with E-state index in [0.717, 1.165) is 6.20 Å². The maximum absolute atomic E-state index is 13.8. The molecular formula is C19H20F3N7O2. The van der Waals surface area contributed by atoms with Crippen LogP contribution in [0, 0.1) is 0 Å². The lowest BCUT2D eigenvalue weighted by molar-refractivity contribution is -0.137. The van der Waals surface area contributed by atoms with Crippen molar-refractivity contribution in [2.45, 2.75) is 26.1 Å². The van der Waals surface area contributed by atoms with Crippen molar-refractivity contribution in [2.24, 2.45) is 0 Å². The number of hydrogen-bond acceptors (Lipinski definition) is 7. The lowest BCUT2D eigenvalue weighted by atomic mass is 10.1. The summed E-state index contributed by atoms with van der Waals surface area (Å²) >= 11 is 0. The van der Waals surface area contributed by atoms with E-state index in [1.807, 2.05) is 6.92 Å². The quantitative estimate of drug-likeness (QED) is 0.480. The van der Waals surface area contributed by atoms with Crippen molar-refractivity contribution in [2.75, 3.05) is 25.2 Å². The van der Waals surface area contributed by atoms with E-state index in [4.69, 9.17) is 4.74 Å². The second-order valence-electron chi connectivity index (χ2n) is 7.00. The normalized spacial score (nSPS) is 13.1. The molecule has 0 saturated carbocycles. The first-order valence-corrected chi connectivity index (χ1v) is 9.52. The Bertz CT molecular complexity index is 1230. The maximum atomic E-state index is 13.8. The van der Waals surface area contributed by atoms with Gasteiger partial charge in [-0.1, -0.05) is 0 Å². The molecule has 0 aromatic carbocycles. The van der Waals surface area contributed by atoms with Gasteiger partial charge < -0.3 is 14.7 Å². The molecule has 0 aliphatic rings. The summed E-state index contributed by atoms with van der Waals surface area (Å²) in [6.07, 6.45) is -2.31. The van der Waals surface area contributed by atoms with Crippen LogP contribution >= 0.6 is 0 Å². The van der Waals surface area contributed by atoms with Gasteiger partial charge in [-0.2, -0.15) is 18.3 Å². The molecule has 0 radical (unpaired) electrons. The molecule has 0 bridgehead atoms. The Morgan fingerprint density at radius 3 is 2.74 bits per heavy atom. The highest BCUT2D eigenvalue weighted by molar-refractivity contribution is 6.02. The van der Waals surface area contributed by atoms with Crippen LogP contribution < -0.4 is 9.64 Å². The molecule has 4 aromatic heterocycles. The minimum absolute atomic E-state index is 0.00943. The highest BCUT2D eigenvalue weighted by Crippen LogP contribution is 2.39. The number of nitrogens with zero attached hydrogens (tertiary/aromatic N) is 6. The monoisotopic (exact) mass is 435 g/mol. The number of H-pyrrole nitrogens is 1. The molecule has 0 amide bonds. The van der Waals surface area contributed by atoms with Gasteiger partial charge in [-0.15, -0.1) is 5.10 Å². The van der Waals surface area contributed by atoms with Crippen LogP contribution in [0.5, 0.6) is 5.75 Å². The average Bonchev–Trinajstić information content (AvgIpc) is 3.30. The Morgan fingerprint density at radius 1 is 1.29 bits per heavy atom. The van der Waals surface area contributed by atoms with Crippen molar-refractivity contribution < 1.29 is 23.0 Å². The minimum atomic E-state index is -4.69. The summed E-state index contributed by atoms with van der Waals surface area (Å²) in [5.41, 5.74) is -0.513. The third kappa shape index (κ3) is 3.63. The topological polar surface area (TPSA) is 104 Å². The molecule has 0 unspecified atom stereocenters. The Balaban J connectivity index is 1.94. The highest BCUT2D eigenvalue weighted by atomic mass is 19.4. The van der Waals surface area contributed by atoms with Crippen LogP contribution in [0.15, 0.2) is 24.5 Å². The van der Waals surface area contributed by atoms with Gasteiger partial charge in [0.25, 0.3) is 0 Å². The van der Waals surface area contributed by atoms with Gasteiger partial charge in [-0.05, 0) is 26.0 Å². The van der Waals surface area contributed by atoms with Gasteiger partial charge in [0.2, 0.25) is 5.95 Å². The van der Waals surface area contributed by atoms with Crippen LogP contribution in [-0.2, 0) is 6.18 Å². The van der Waals surface area contributed by atoms with Gasteiger partial charge in [0.1, 0.15) is 22.7 Å². The largest absolute Gasteiger partial charge is 0.492 e. The van der Waals surface area contributed by atoms with E-state index in [1.165, 1.54) is 9.42 Å². The first-order chi connectivity index (χ1) is 14.7. The third-order valence-electron chi connectivity index (χ3n) is 4.97. The Hall–Kier alpha value is -3.41. The van der Waals surface area contributed by atoms with Gasteiger partial charge in [-0.3, -0.25) is 5.10 Å². The lowest BCUT2D eigenvalue weighted by Gasteiger charge is -2.24. The third-order valence-corrected chi connectivity index (χ3v) is 4.97.